The lowest BCUT2D eigenvalue weighted by Gasteiger charge is -2.08. The van der Waals surface area contributed by atoms with Gasteiger partial charge in [0.15, 0.2) is 0 Å². The molecule has 0 aliphatic heterocycles. The Hall–Kier alpha value is -1.67. The fraction of sp³-hybridized carbons (Fsp3) is 0.500. The van der Waals surface area contributed by atoms with Crippen LogP contribution in [0.4, 0.5) is 5.69 Å². The van der Waals surface area contributed by atoms with Crippen molar-refractivity contribution in [2.75, 3.05) is 30.7 Å². The summed E-state index contributed by atoms with van der Waals surface area (Å²) in [6.07, 6.45) is 1.51. The van der Waals surface area contributed by atoms with Gasteiger partial charge in [-0.25, -0.2) is 13.1 Å². The Morgan fingerprint density at radius 2 is 2.05 bits per heavy atom. The Kier molecular flexibility index (Phi) is 6.40. The molecule has 8 heteroatoms. The van der Waals surface area contributed by atoms with Crippen molar-refractivity contribution < 1.29 is 13.2 Å². The number of hydrogen-bond donors (Lipinski definition) is 3. The maximum absolute atomic E-state index is 11.6. The molecule has 1 rings (SSSR count). The minimum Gasteiger partial charge on any atom is -0.384 e. The van der Waals surface area contributed by atoms with Crippen LogP contribution in [0.15, 0.2) is 18.3 Å². The summed E-state index contributed by atoms with van der Waals surface area (Å²) in [7, 11) is -3.24. The molecule has 0 aliphatic rings. The monoisotopic (exact) mass is 300 g/mol. The van der Waals surface area contributed by atoms with Crippen LogP contribution in [0.2, 0.25) is 0 Å². The highest BCUT2D eigenvalue weighted by atomic mass is 32.2. The number of pyridine rings is 1. The molecule has 0 spiro atoms. The molecule has 0 saturated carbocycles. The molecule has 1 aromatic heterocycles. The quantitative estimate of drug-likeness (QED) is 0.636. The summed E-state index contributed by atoms with van der Waals surface area (Å²) >= 11 is 0. The number of sulfonamides is 1. The second-order valence-electron chi connectivity index (χ2n) is 4.03. The number of carbonyl (C=O) groups excluding carboxylic acids is 1. The van der Waals surface area contributed by atoms with Gasteiger partial charge in [-0.2, -0.15) is 0 Å². The van der Waals surface area contributed by atoms with Gasteiger partial charge in [-0.1, -0.05) is 6.92 Å². The summed E-state index contributed by atoms with van der Waals surface area (Å²) in [4.78, 5) is 15.6. The van der Waals surface area contributed by atoms with Gasteiger partial charge in [0.1, 0.15) is 5.69 Å². The van der Waals surface area contributed by atoms with Crippen molar-refractivity contribution in [2.45, 2.75) is 13.8 Å². The maximum atomic E-state index is 11.6. The summed E-state index contributed by atoms with van der Waals surface area (Å²) < 4.78 is 25.3. The number of amides is 1. The largest absolute Gasteiger partial charge is 0.384 e. The van der Waals surface area contributed by atoms with Gasteiger partial charge in [-0.15, -0.1) is 0 Å². The van der Waals surface area contributed by atoms with Gasteiger partial charge >= 0.3 is 0 Å². The number of carbonyl (C=O) groups is 1. The minimum absolute atomic E-state index is 0.0281. The van der Waals surface area contributed by atoms with Crippen LogP contribution in [0.5, 0.6) is 0 Å². The number of anilines is 1. The average molecular weight is 300 g/mol. The summed E-state index contributed by atoms with van der Waals surface area (Å²) in [5.41, 5.74) is 0.958. The highest BCUT2D eigenvalue weighted by Gasteiger charge is 2.09. The molecular formula is C12H20N4O3S. The Morgan fingerprint density at radius 3 is 2.70 bits per heavy atom. The molecule has 0 aliphatic carbocycles. The Bertz CT molecular complexity index is 545. The molecule has 112 valence electrons. The van der Waals surface area contributed by atoms with E-state index in [9.17, 15) is 13.2 Å². The molecule has 0 aromatic carbocycles. The second-order valence-corrected chi connectivity index (χ2v) is 5.96. The van der Waals surface area contributed by atoms with Crippen molar-refractivity contribution >= 4 is 21.6 Å². The van der Waals surface area contributed by atoms with E-state index >= 15 is 0 Å². The zero-order valence-electron chi connectivity index (χ0n) is 11.6. The number of nitrogens with zero attached hydrogens (tertiary/aromatic N) is 1. The molecule has 0 unspecified atom stereocenters. The van der Waals surface area contributed by atoms with Gasteiger partial charge in [0.05, 0.1) is 5.75 Å². The molecule has 1 amide bonds. The van der Waals surface area contributed by atoms with Gasteiger partial charge in [0, 0.05) is 31.5 Å². The fourth-order valence-electron chi connectivity index (χ4n) is 1.54. The van der Waals surface area contributed by atoms with Crippen molar-refractivity contribution in [1.29, 1.82) is 0 Å². The van der Waals surface area contributed by atoms with Crippen LogP contribution >= 0.6 is 0 Å². The first-order valence-electron chi connectivity index (χ1n) is 6.44. The van der Waals surface area contributed by atoms with E-state index in [1.54, 1.807) is 19.1 Å². The molecule has 0 atom stereocenters. The lowest BCUT2D eigenvalue weighted by Crippen LogP contribution is -2.29. The summed E-state index contributed by atoms with van der Waals surface area (Å²) in [6.45, 7) is 4.71. The minimum atomic E-state index is -3.24. The molecule has 3 N–H and O–H groups in total. The second kappa shape index (κ2) is 7.81. The van der Waals surface area contributed by atoms with Crippen LogP contribution in [0.25, 0.3) is 0 Å². The molecule has 20 heavy (non-hydrogen) atoms. The van der Waals surface area contributed by atoms with Crippen LogP contribution in [0, 0.1) is 0 Å². The Labute approximate surface area is 119 Å². The molecule has 0 radical (unpaired) electrons. The Morgan fingerprint density at radius 1 is 1.30 bits per heavy atom. The van der Waals surface area contributed by atoms with Crippen LogP contribution in [-0.2, 0) is 10.0 Å². The lowest BCUT2D eigenvalue weighted by molar-refractivity contribution is 0.0951. The topological polar surface area (TPSA) is 100 Å². The molecule has 0 bridgehead atoms. The van der Waals surface area contributed by atoms with Crippen LogP contribution < -0.4 is 15.4 Å². The van der Waals surface area contributed by atoms with Crippen molar-refractivity contribution in [3.05, 3.63) is 24.0 Å². The average Bonchev–Trinajstić information content (AvgIpc) is 2.39. The highest BCUT2D eigenvalue weighted by Crippen LogP contribution is 2.07. The third-order valence-corrected chi connectivity index (χ3v) is 3.86. The Balaban J connectivity index is 2.57. The van der Waals surface area contributed by atoms with Crippen molar-refractivity contribution in [3.63, 3.8) is 0 Å². The number of nitrogens with one attached hydrogen (secondary N) is 3. The lowest BCUT2D eigenvalue weighted by atomic mass is 10.3. The van der Waals surface area contributed by atoms with Crippen molar-refractivity contribution in [2.24, 2.45) is 0 Å². The van der Waals surface area contributed by atoms with E-state index in [1.165, 1.54) is 6.20 Å². The fourth-order valence-corrected chi connectivity index (χ4v) is 2.49. The third kappa shape index (κ3) is 5.54. The van der Waals surface area contributed by atoms with Crippen LogP contribution in [0.3, 0.4) is 0 Å². The first-order chi connectivity index (χ1) is 9.48. The predicted octanol–water partition coefficient (Wildman–Crippen LogP) is 0.183. The number of hydrogen-bond acceptors (Lipinski definition) is 5. The van der Waals surface area contributed by atoms with Crippen molar-refractivity contribution in [3.8, 4) is 0 Å². The van der Waals surface area contributed by atoms with E-state index in [-0.39, 0.29) is 18.2 Å². The van der Waals surface area contributed by atoms with E-state index in [0.717, 1.165) is 0 Å². The SMILES string of the molecule is CCNC(=O)c1cc(NCCS(=O)(=O)NCC)ccn1. The summed E-state index contributed by atoms with van der Waals surface area (Å²) in [6, 6.07) is 3.27. The van der Waals surface area contributed by atoms with Gasteiger partial charge in [-0.05, 0) is 19.1 Å². The van der Waals surface area contributed by atoms with E-state index in [4.69, 9.17) is 0 Å². The van der Waals surface area contributed by atoms with Crippen molar-refractivity contribution in [1.82, 2.24) is 15.0 Å². The first kappa shape index (κ1) is 16.4. The van der Waals surface area contributed by atoms with E-state index in [1.807, 2.05) is 6.92 Å². The predicted molar refractivity (Wildman–Crippen MR) is 78.2 cm³/mol. The third-order valence-electron chi connectivity index (χ3n) is 2.39. The van der Waals surface area contributed by atoms with Gasteiger partial charge < -0.3 is 10.6 Å². The van der Waals surface area contributed by atoms with Crippen LogP contribution in [0.1, 0.15) is 24.3 Å². The summed E-state index contributed by atoms with van der Waals surface area (Å²) in [5.74, 6) is -0.281. The molecule has 7 nitrogen and oxygen atoms in total. The molecule has 0 saturated heterocycles. The molecule has 1 aromatic rings. The molecule has 0 fully saturated rings. The zero-order valence-corrected chi connectivity index (χ0v) is 12.5. The zero-order chi connectivity index (χ0) is 15.0. The van der Waals surface area contributed by atoms with Gasteiger partial charge in [-0.3, -0.25) is 9.78 Å². The molecular weight excluding hydrogens is 280 g/mol. The summed E-state index contributed by atoms with van der Waals surface area (Å²) in [5, 5.41) is 5.61. The highest BCUT2D eigenvalue weighted by molar-refractivity contribution is 7.89. The van der Waals surface area contributed by atoms with Crippen LogP contribution in [-0.4, -0.2) is 44.7 Å². The van der Waals surface area contributed by atoms with Gasteiger partial charge in [0.2, 0.25) is 10.0 Å². The maximum Gasteiger partial charge on any atom is 0.269 e. The van der Waals surface area contributed by atoms with E-state index in [2.05, 4.69) is 20.3 Å². The first-order valence-corrected chi connectivity index (χ1v) is 8.09. The standard InChI is InChI=1S/C12H20N4O3S/c1-3-13-12(17)11-9-10(5-6-15-11)14-7-8-20(18,19)16-4-2/h5-6,9,16H,3-4,7-8H2,1-2H3,(H,13,17)(H,14,15). The van der Waals surface area contributed by atoms with Gasteiger partial charge in [0.25, 0.3) is 5.91 Å². The smallest absolute Gasteiger partial charge is 0.269 e. The normalized spacial score (nSPS) is 11.1. The number of aromatic nitrogens is 1. The van der Waals surface area contributed by atoms with E-state index < -0.39 is 10.0 Å². The van der Waals surface area contributed by atoms with E-state index in [0.29, 0.717) is 24.5 Å². The molecule has 1 heterocycles. The number of rotatable bonds is 8.